The van der Waals surface area contributed by atoms with Crippen molar-refractivity contribution in [2.45, 2.75) is 56.9 Å². The highest BCUT2D eigenvalue weighted by atomic mass is 79.9. The summed E-state index contributed by atoms with van der Waals surface area (Å²) in [7, 11) is 0. The molecule has 1 aromatic carbocycles. The van der Waals surface area contributed by atoms with Crippen LogP contribution in [0.3, 0.4) is 0 Å². The number of benzene rings is 1. The maximum atomic E-state index is 5.72. The Bertz CT molecular complexity index is 383. The lowest BCUT2D eigenvalue weighted by molar-refractivity contribution is 0.104. The molecule has 0 aliphatic carbocycles. The van der Waals surface area contributed by atoms with E-state index in [1.54, 1.807) is 0 Å². The summed E-state index contributed by atoms with van der Waals surface area (Å²) in [5.41, 5.74) is 4.38. The lowest BCUT2D eigenvalue weighted by atomic mass is 9.97. The highest BCUT2D eigenvalue weighted by molar-refractivity contribution is 9.09. The molecule has 0 saturated carbocycles. The van der Waals surface area contributed by atoms with Gasteiger partial charge in [-0.1, -0.05) is 48.0 Å². The maximum Gasteiger partial charge on any atom is 0.0589 e. The predicted octanol–water partition coefficient (Wildman–Crippen LogP) is 4.82. The highest BCUT2D eigenvalue weighted by Gasteiger charge is 2.20. The molecule has 2 unspecified atom stereocenters. The molecular formula is C16H23BrO. The second kappa shape index (κ2) is 6.72. The van der Waals surface area contributed by atoms with Gasteiger partial charge < -0.3 is 4.74 Å². The van der Waals surface area contributed by atoms with Crippen molar-refractivity contribution in [1.82, 2.24) is 0 Å². The van der Waals surface area contributed by atoms with Gasteiger partial charge >= 0.3 is 0 Å². The second-order valence-electron chi connectivity index (χ2n) is 5.07. The molecular weight excluding hydrogens is 288 g/mol. The molecule has 1 aliphatic heterocycles. The van der Waals surface area contributed by atoms with Gasteiger partial charge in [0.1, 0.15) is 0 Å². The monoisotopic (exact) mass is 310 g/mol. The van der Waals surface area contributed by atoms with Gasteiger partial charge in [-0.05, 0) is 48.8 Å². The zero-order valence-electron chi connectivity index (χ0n) is 11.4. The van der Waals surface area contributed by atoms with E-state index >= 15 is 0 Å². The van der Waals surface area contributed by atoms with E-state index in [4.69, 9.17) is 4.74 Å². The van der Waals surface area contributed by atoms with E-state index in [9.17, 15) is 0 Å². The fourth-order valence-corrected chi connectivity index (χ4v) is 3.41. The molecule has 0 amide bonds. The Morgan fingerprint density at radius 3 is 2.67 bits per heavy atom. The van der Waals surface area contributed by atoms with Crippen LogP contribution in [0.25, 0.3) is 0 Å². The summed E-state index contributed by atoms with van der Waals surface area (Å²) in [4.78, 5) is 0.428. The molecule has 2 heteroatoms. The molecule has 0 aromatic heterocycles. The predicted molar refractivity (Wildman–Crippen MR) is 80.5 cm³/mol. The summed E-state index contributed by atoms with van der Waals surface area (Å²) in [5, 5.41) is 0. The van der Waals surface area contributed by atoms with Gasteiger partial charge in [0.15, 0.2) is 0 Å². The number of hydrogen-bond acceptors (Lipinski definition) is 1. The Kier molecular flexibility index (Phi) is 5.25. The summed E-state index contributed by atoms with van der Waals surface area (Å²) in [6.45, 7) is 5.41. The van der Waals surface area contributed by atoms with Gasteiger partial charge in [0.2, 0.25) is 0 Å². The van der Waals surface area contributed by atoms with Crippen LogP contribution in [-0.4, -0.2) is 12.7 Å². The average molecular weight is 311 g/mol. The van der Waals surface area contributed by atoms with Crippen LogP contribution < -0.4 is 0 Å². The molecule has 1 aromatic rings. The quantitative estimate of drug-likeness (QED) is 0.709. The molecule has 0 spiro atoms. The number of aryl methyl sites for hydroxylation is 2. The fourth-order valence-electron chi connectivity index (χ4n) is 2.71. The first kappa shape index (κ1) is 14.1. The SMILES string of the molecule is CCc1ccc(C(Br)CC2CCCO2)cc1CC. The van der Waals surface area contributed by atoms with E-state index in [2.05, 4.69) is 48.0 Å². The number of hydrogen-bond donors (Lipinski definition) is 0. The van der Waals surface area contributed by atoms with Gasteiger partial charge in [0.25, 0.3) is 0 Å². The number of rotatable bonds is 5. The third-order valence-electron chi connectivity index (χ3n) is 3.85. The highest BCUT2D eigenvalue weighted by Crippen LogP contribution is 2.32. The van der Waals surface area contributed by atoms with Gasteiger partial charge in [-0.2, -0.15) is 0 Å². The van der Waals surface area contributed by atoms with Gasteiger partial charge in [0, 0.05) is 11.4 Å². The Labute approximate surface area is 119 Å². The molecule has 1 heterocycles. The van der Waals surface area contributed by atoms with Crippen molar-refractivity contribution in [2.75, 3.05) is 6.61 Å². The molecule has 2 atom stereocenters. The van der Waals surface area contributed by atoms with Gasteiger partial charge in [-0.25, -0.2) is 0 Å². The van der Waals surface area contributed by atoms with Crippen LogP contribution >= 0.6 is 15.9 Å². The second-order valence-corrected chi connectivity index (χ2v) is 6.18. The molecule has 18 heavy (non-hydrogen) atoms. The minimum Gasteiger partial charge on any atom is -0.378 e. The smallest absolute Gasteiger partial charge is 0.0589 e. The van der Waals surface area contributed by atoms with Crippen molar-refractivity contribution in [3.8, 4) is 0 Å². The minimum atomic E-state index is 0.428. The standard InChI is InChI=1S/C16H23BrO/c1-3-12-7-8-14(10-13(12)4-2)16(17)11-15-6-5-9-18-15/h7-8,10,15-16H,3-6,9,11H2,1-2H3. The van der Waals surface area contributed by atoms with Gasteiger partial charge in [-0.15, -0.1) is 0 Å². The summed E-state index contributed by atoms with van der Waals surface area (Å²) >= 11 is 3.83. The van der Waals surface area contributed by atoms with Crippen molar-refractivity contribution < 1.29 is 4.74 Å². The van der Waals surface area contributed by atoms with Gasteiger partial charge in [-0.3, -0.25) is 0 Å². The lowest BCUT2D eigenvalue weighted by Crippen LogP contribution is -2.08. The molecule has 100 valence electrons. The number of halogens is 1. The summed E-state index contributed by atoms with van der Waals surface area (Å²) < 4.78 is 5.72. The van der Waals surface area contributed by atoms with Crippen LogP contribution in [0.2, 0.25) is 0 Å². The van der Waals surface area contributed by atoms with E-state index in [1.165, 1.54) is 29.5 Å². The average Bonchev–Trinajstić information content (AvgIpc) is 2.90. The van der Waals surface area contributed by atoms with Crippen LogP contribution in [0.5, 0.6) is 0 Å². The normalized spacial score (nSPS) is 21.2. The first-order valence-corrected chi connectivity index (χ1v) is 8.03. The van der Waals surface area contributed by atoms with Crippen molar-refractivity contribution in [1.29, 1.82) is 0 Å². The Balaban J connectivity index is 2.06. The van der Waals surface area contributed by atoms with Crippen LogP contribution in [0.15, 0.2) is 18.2 Å². The summed E-state index contributed by atoms with van der Waals surface area (Å²) in [6, 6.07) is 6.93. The van der Waals surface area contributed by atoms with E-state index in [0.717, 1.165) is 25.9 Å². The third-order valence-corrected chi connectivity index (χ3v) is 4.75. The van der Waals surface area contributed by atoms with E-state index in [0.29, 0.717) is 10.9 Å². The van der Waals surface area contributed by atoms with Crippen molar-refractivity contribution >= 4 is 15.9 Å². The van der Waals surface area contributed by atoms with Crippen LogP contribution in [0.1, 0.15) is 54.6 Å². The van der Waals surface area contributed by atoms with E-state index in [-0.39, 0.29) is 0 Å². The number of alkyl halides is 1. The van der Waals surface area contributed by atoms with Crippen molar-refractivity contribution in [3.63, 3.8) is 0 Å². The molecule has 1 saturated heterocycles. The fraction of sp³-hybridized carbons (Fsp3) is 0.625. The lowest BCUT2D eigenvalue weighted by Gasteiger charge is -2.17. The minimum absolute atomic E-state index is 0.428. The Morgan fingerprint density at radius 1 is 1.28 bits per heavy atom. The van der Waals surface area contributed by atoms with E-state index in [1.807, 2.05) is 0 Å². The molecule has 1 aliphatic rings. The first-order chi connectivity index (χ1) is 8.74. The molecule has 0 N–H and O–H groups in total. The summed E-state index contributed by atoms with van der Waals surface area (Å²) in [5.74, 6) is 0. The number of ether oxygens (including phenoxy) is 1. The molecule has 2 rings (SSSR count). The van der Waals surface area contributed by atoms with Crippen LogP contribution in [-0.2, 0) is 17.6 Å². The molecule has 1 fully saturated rings. The first-order valence-electron chi connectivity index (χ1n) is 7.12. The third kappa shape index (κ3) is 3.36. The van der Waals surface area contributed by atoms with Crippen LogP contribution in [0, 0.1) is 0 Å². The zero-order chi connectivity index (χ0) is 13.0. The topological polar surface area (TPSA) is 9.23 Å². The molecule has 0 bridgehead atoms. The van der Waals surface area contributed by atoms with Gasteiger partial charge in [0.05, 0.1) is 6.10 Å². The largest absolute Gasteiger partial charge is 0.378 e. The zero-order valence-corrected chi connectivity index (χ0v) is 13.0. The Hall–Kier alpha value is -0.340. The molecule has 0 radical (unpaired) electrons. The maximum absolute atomic E-state index is 5.72. The van der Waals surface area contributed by atoms with Crippen molar-refractivity contribution in [3.05, 3.63) is 34.9 Å². The van der Waals surface area contributed by atoms with Crippen LogP contribution in [0.4, 0.5) is 0 Å². The van der Waals surface area contributed by atoms with E-state index < -0.39 is 0 Å². The molecule has 1 nitrogen and oxygen atoms in total. The summed E-state index contributed by atoms with van der Waals surface area (Å²) in [6.07, 6.45) is 6.23. The Morgan fingerprint density at radius 2 is 2.06 bits per heavy atom. The van der Waals surface area contributed by atoms with Crippen molar-refractivity contribution in [2.24, 2.45) is 0 Å².